The molecule has 0 fully saturated rings. The van der Waals surface area contributed by atoms with Crippen molar-refractivity contribution < 1.29 is 12.6 Å². The fourth-order valence-corrected chi connectivity index (χ4v) is 5.36. The van der Waals surface area contributed by atoms with Crippen molar-refractivity contribution in [1.29, 1.82) is 0 Å². The highest BCUT2D eigenvalue weighted by Gasteiger charge is 2.10. The van der Waals surface area contributed by atoms with Gasteiger partial charge in [-0.05, 0) is 12.8 Å². The molecule has 0 atom stereocenters. The topological polar surface area (TPSA) is 43.4 Å². The summed E-state index contributed by atoms with van der Waals surface area (Å²) in [4.78, 5) is 0. The summed E-state index contributed by atoms with van der Waals surface area (Å²) >= 11 is 0. The molecule has 0 heterocycles. The fraction of sp³-hybridized carbons (Fsp3) is 1.00. The normalized spacial score (nSPS) is 11.9. The number of rotatable bonds is 27. The van der Waals surface area contributed by atoms with Crippen molar-refractivity contribution in [2.45, 2.75) is 168 Å². The van der Waals surface area contributed by atoms with Crippen LogP contribution in [0.2, 0.25) is 0 Å². The Balaban J connectivity index is 3.24. The molecule has 0 aliphatic carbocycles. The summed E-state index contributed by atoms with van der Waals surface area (Å²) in [6, 6.07) is 0. The summed E-state index contributed by atoms with van der Waals surface area (Å²) in [5, 5.41) is 0. The van der Waals surface area contributed by atoms with Crippen LogP contribution in [0.15, 0.2) is 0 Å². The summed E-state index contributed by atoms with van der Waals surface area (Å²) in [6.45, 7) is 4.87. The molecule has 32 heavy (non-hydrogen) atoms. The molecule has 0 bridgehead atoms. The minimum Gasteiger partial charge on any atom is -0.270 e. The van der Waals surface area contributed by atoms with Crippen LogP contribution in [0.3, 0.4) is 0 Å². The summed E-state index contributed by atoms with van der Waals surface area (Å²) in [5.74, 6) is 0.194. The van der Waals surface area contributed by atoms with E-state index in [-0.39, 0.29) is 5.75 Å². The van der Waals surface area contributed by atoms with Crippen molar-refractivity contribution in [3.05, 3.63) is 0 Å². The SMILES string of the molecule is CCCCCCCCCCCCCCCCCCCOS(=O)(=O)CCCCCCCCC. The Morgan fingerprint density at radius 3 is 1.03 bits per heavy atom. The Kier molecular flexibility index (Phi) is 25.5. The molecule has 0 radical (unpaired) electrons. The zero-order chi connectivity index (χ0) is 23.6. The molecule has 0 rings (SSSR count). The highest BCUT2D eigenvalue weighted by atomic mass is 32.2. The van der Waals surface area contributed by atoms with E-state index in [1.807, 2.05) is 0 Å². The molecule has 0 aromatic carbocycles. The summed E-state index contributed by atoms with van der Waals surface area (Å²) in [7, 11) is -3.30. The lowest BCUT2D eigenvalue weighted by atomic mass is 10.0. The number of hydrogen-bond donors (Lipinski definition) is 0. The quantitative estimate of drug-likeness (QED) is 0.0878. The van der Waals surface area contributed by atoms with Crippen LogP contribution >= 0.6 is 0 Å². The molecule has 4 heteroatoms. The second kappa shape index (κ2) is 25.5. The molecule has 0 aromatic heterocycles. The lowest BCUT2D eigenvalue weighted by Gasteiger charge is -2.06. The second-order valence-electron chi connectivity index (χ2n) is 9.86. The van der Waals surface area contributed by atoms with E-state index in [9.17, 15) is 8.42 Å². The smallest absolute Gasteiger partial charge is 0.267 e. The molecule has 0 aliphatic rings. The monoisotopic (exact) mass is 474 g/mol. The lowest BCUT2D eigenvalue weighted by Crippen LogP contribution is -2.11. The van der Waals surface area contributed by atoms with Crippen molar-refractivity contribution in [3.8, 4) is 0 Å². The number of unbranched alkanes of at least 4 members (excludes halogenated alkanes) is 22. The van der Waals surface area contributed by atoms with Gasteiger partial charge in [-0.1, -0.05) is 155 Å². The molecular formula is C28H58O3S. The third kappa shape index (κ3) is 26.2. The van der Waals surface area contributed by atoms with E-state index in [0.29, 0.717) is 6.61 Å². The van der Waals surface area contributed by atoms with Crippen molar-refractivity contribution in [2.75, 3.05) is 12.4 Å². The Morgan fingerprint density at radius 2 is 0.688 bits per heavy atom. The van der Waals surface area contributed by atoms with Gasteiger partial charge in [-0.15, -0.1) is 0 Å². The molecule has 0 unspecified atom stereocenters. The van der Waals surface area contributed by atoms with E-state index in [4.69, 9.17) is 4.18 Å². The minimum atomic E-state index is -3.30. The molecule has 3 nitrogen and oxygen atoms in total. The Morgan fingerprint density at radius 1 is 0.406 bits per heavy atom. The van der Waals surface area contributed by atoms with Crippen molar-refractivity contribution in [3.63, 3.8) is 0 Å². The van der Waals surface area contributed by atoms with Crippen LogP contribution in [0, 0.1) is 0 Å². The van der Waals surface area contributed by atoms with Crippen LogP contribution in [-0.4, -0.2) is 20.8 Å². The maximum atomic E-state index is 11.9. The van der Waals surface area contributed by atoms with Crippen molar-refractivity contribution in [1.82, 2.24) is 0 Å². The van der Waals surface area contributed by atoms with Gasteiger partial charge in [-0.2, -0.15) is 8.42 Å². The number of hydrogen-bond acceptors (Lipinski definition) is 3. The first-order valence-corrected chi connectivity index (χ1v) is 16.1. The zero-order valence-electron chi connectivity index (χ0n) is 22.0. The van der Waals surface area contributed by atoms with Gasteiger partial charge in [-0.3, -0.25) is 4.18 Å². The first-order valence-electron chi connectivity index (χ1n) is 14.5. The predicted molar refractivity (Wildman–Crippen MR) is 142 cm³/mol. The van der Waals surface area contributed by atoms with Gasteiger partial charge >= 0.3 is 0 Å². The Hall–Kier alpha value is -0.0900. The van der Waals surface area contributed by atoms with Gasteiger partial charge in [-0.25, -0.2) is 0 Å². The largest absolute Gasteiger partial charge is 0.270 e. The highest BCUT2D eigenvalue weighted by molar-refractivity contribution is 7.86. The summed E-state index contributed by atoms with van der Waals surface area (Å²) in [5.41, 5.74) is 0. The highest BCUT2D eigenvalue weighted by Crippen LogP contribution is 2.14. The average Bonchev–Trinajstić information content (AvgIpc) is 2.77. The predicted octanol–water partition coefficient (Wildman–Crippen LogP) is 9.73. The first kappa shape index (κ1) is 31.9. The zero-order valence-corrected chi connectivity index (χ0v) is 22.8. The van der Waals surface area contributed by atoms with Crippen LogP contribution in [-0.2, 0) is 14.3 Å². The molecule has 0 amide bonds. The molecule has 0 aromatic rings. The molecule has 0 saturated carbocycles. The van der Waals surface area contributed by atoms with Gasteiger partial charge in [0.2, 0.25) is 0 Å². The fourth-order valence-electron chi connectivity index (χ4n) is 4.31. The second-order valence-corrected chi connectivity index (χ2v) is 11.6. The summed E-state index contributed by atoms with van der Waals surface area (Å²) < 4.78 is 29.0. The molecule has 194 valence electrons. The van der Waals surface area contributed by atoms with E-state index in [2.05, 4.69) is 13.8 Å². The molecule has 0 N–H and O–H groups in total. The van der Waals surface area contributed by atoms with Crippen molar-refractivity contribution >= 4 is 10.1 Å². The molecule has 0 saturated heterocycles. The van der Waals surface area contributed by atoms with E-state index >= 15 is 0 Å². The van der Waals surface area contributed by atoms with Crippen molar-refractivity contribution in [2.24, 2.45) is 0 Å². The van der Waals surface area contributed by atoms with Crippen LogP contribution in [0.25, 0.3) is 0 Å². The molecule has 0 aliphatic heterocycles. The third-order valence-electron chi connectivity index (χ3n) is 6.51. The summed E-state index contributed by atoms with van der Waals surface area (Å²) in [6.07, 6.45) is 30.7. The van der Waals surface area contributed by atoms with Gasteiger partial charge in [0, 0.05) is 0 Å². The third-order valence-corrected chi connectivity index (χ3v) is 7.82. The lowest BCUT2D eigenvalue weighted by molar-refractivity contribution is 0.305. The van der Waals surface area contributed by atoms with Crippen LogP contribution in [0.4, 0.5) is 0 Å². The van der Waals surface area contributed by atoms with E-state index in [1.54, 1.807) is 0 Å². The molecule has 0 spiro atoms. The first-order chi connectivity index (χ1) is 15.6. The van der Waals surface area contributed by atoms with E-state index in [0.717, 1.165) is 32.1 Å². The van der Waals surface area contributed by atoms with E-state index in [1.165, 1.54) is 122 Å². The van der Waals surface area contributed by atoms with Gasteiger partial charge < -0.3 is 0 Å². The average molecular weight is 475 g/mol. The maximum absolute atomic E-state index is 11.9. The van der Waals surface area contributed by atoms with Crippen LogP contribution in [0.1, 0.15) is 168 Å². The molecular weight excluding hydrogens is 416 g/mol. The van der Waals surface area contributed by atoms with Crippen LogP contribution in [0.5, 0.6) is 0 Å². The van der Waals surface area contributed by atoms with Gasteiger partial charge in [0.1, 0.15) is 0 Å². The van der Waals surface area contributed by atoms with E-state index < -0.39 is 10.1 Å². The van der Waals surface area contributed by atoms with Gasteiger partial charge in [0.05, 0.1) is 12.4 Å². The Labute approximate surface area is 203 Å². The minimum absolute atomic E-state index is 0.194. The maximum Gasteiger partial charge on any atom is 0.267 e. The Bertz CT molecular complexity index is 448. The standard InChI is InChI=1S/C28H58O3S/c1-3-5-7-9-11-12-13-14-15-16-17-18-19-20-21-23-25-27-31-32(29,30)28-26-24-22-10-8-6-4-2/h3-28H2,1-2H3. The van der Waals surface area contributed by atoms with Crippen LogP contribution < -0.4 is 0 Å². The van der Waals surface area contributed by atoms with Gasteiger partial charge in [0.25, 0.3) is 10.1 Å². The van der Waals surface area contributed by atoms with Gasteiger partial charge in [0.15, 0.2) is 0 Å².